The number of fused-ring (bicyclic) bond motifs is 3. The molecule has 218 valence electrons. The first-order valence-corrected chi connectivity index (χ1v) is 14.0. The van der Waals surface area contributed by atoms with Crippen LogP contribution in [0.3, 0.4) is 0 Å². The molecule has 2 aliphatic carbocycles. The number of nitrogens with zero attached hydrogens (tertiary/aromatic N) is 2. The Morgan fingerprint density at radius 3 is 2.52 bits per heavy atom. The molecule has 1 saturated carbocycles. The van der Waals surface area contributed by atoms with Crippen LogP contribution in [0.5, 0.6) is 0 Å². The van der Waals surface area contributed by atoms with Crippen LogP contribution in [-0.2, 0) is 32.6 Å². The van der Waals surface area contributed by atoms with Crippen LogP contribution in [0.2, 0.25) is 0 Å². The number of nitrogens with one attached hydrogen (secondary N) is 3. The van der Waals surface area contributed by atoms with E-state index < -0.39 is 34.5 Å². The summed E-state index contributed by atoms with van der Waals surface area (Å²) in [5.74, 6) is -1.58. The van der Waals surface area contributed by atoms with Crippen LogP contribution in [0.25, 0.3) is 0 Å². The maximum absolute atomic E-state index is 14.1. The van der Waals surface area contributed by atoms with Gasteiger partial charge in [0, 0.05) is 30.1 Å². The quantitative estimate of drug-likeness (QED) is 0.421. The second-order valence-electron chi connectivity index (χ2n) is 11.6. The summed E-state index contributed by atoms with van der Waals surface area (Å²) in [5, 5.41) is 9.15. The maximum Gasteiger partial charge on any atom is 0.244 e. The Morgan fingerprint density at radius 1 is 1.02 bits per heavy atom. The van der Waals surface area contributed by atoms with Crippen molar-refractivity contribution in [3.05, 3.63) is 88.6 Å². The van der Waals surface area contributed by atoms with E-state index in [0.29, 0.717) is 49.3 Å². The van der Waals surface area contributed by atoms with Gasteiger partial charge >= 0.3 is 0 Å². The van der Waals surface area contributed by atoms with Gasteiger partial charge in [-0.2, -0.15) is 0 Å². The van der Waals surface area contributed by atoms with E-state index in [0.717, 1.165) is 35.6 Å². The molecule has 42 heavy (non-hydrogen) atoms. The van der Waals surface area contributed by atoms with Crippen molar-refractivity contribution in [2.75, 3.05) is 23.7 Å². The van der Waals surface area contributed by atoms with Crippen LogP contribution in [0, 0.1) is 11.6 Å². The average Bonchev–Trinajstić information content (AvgIpc) is 3.63. The number of aromatic nitrogens is 1. The number of carbonyl (C=O) groups is 3. The van der Waals surface area contributed by atoms with Crippen LogP contribution in [0.4, 0.5) is 20.3 Å². The highest BCUT2D eigenvalue weighted by Gasteiger charge is 2.51. The summed E-state index contributed by atoms with van der Waals surface area (Å²) in [5.41, 5.74) is 2.26. The molecule has 0 radical (unpaired) electrons. The van der Waals surface area contributed by atoms with Gasteiger partial charge in [0.2, 0.25) is 17.7 Å². The Kier molecular flexibility index (Phi) is 7.01. The lowest BCUT2D eigenvalue weighted by Crippen LogP contribution is -2.64. The van der Waals surface area contributed by atoms with Crippen molar-refractivity contribution in [3.63, 3.8) is 0 Å². The van der Waals surface area contributed by atoms with Crippen molar-refractivity contribution >= 4 is 41.6 Å². The third kappa shape index (κ3) is 4.53. The molecule has 2 spiro atoms. The molecule has 3 heterocycles. The molecule has 2 aliphatic heterocycles. The van der Waals surface area contributed by atoms with Crippen LogP contribution >= 0.6 is 12.4 Å². The van der Waals surface area contributed by atoms with Crippen molar-refractivity contribution in [2.24, 2.45) is 0 Å². The molecule has 2 aromatic carbocycles. The second kappa shape index (κ2) is 10.4. The third-order valence-corrected chi connectivity index (χ3v) is 9.19. The first-order valence-electron chi connectivity index (χ1n) is 14.0. The molecule has 0 bridgehead atoms. The molecule has 4 aliphatic rings. The number of carbonyl (C=O) groups excluding carboxylic acids is 3. The predicted molar refractivity (Wildman–Crippen MR) is 154 cm³/mol. The lowest BCUT2D eigenvalue weighted by Gasteiger charge is -2.45. The van der Waals surface area contributed by atoms with Crippen molar-refractivity contribution < 1.29 is 23.2 Å². The van der Waals surface area contributed by atoms with E-state index in [9.17, 15) is 23.2 Å². The number of hydrogen-bond donors (Lipinski definition) is 3. The number of halogens is 3. The molecule has 3 aromatic rings. The largest absolute Gasteiger partial charge is 0.325 e. The minimum Gasteiger partial charge on any atom is -0.325 e. The molecule has 7 rings (SSSR count). The molecular formula is C31H30ClF2N5O3. The number of piperazine rings is 1. The molecule has 1 aromatic heterocycles. The molecule has 11 heteroatoms. The summed E-state index contributed by atoms with van der Waals surface area (Å²) in [6.45, 7) is 0.0365. The van der Waals surface area contributed by atoms with Crippen molar-refractivity contribution in [1.82, 2.24) is 15.2 Å². The minimum absolute atomic E-state index is 0. The lowest BCUT2D eigenvalue weighted by atomic mass is 9.79. The van der Waals surface area contributed by atoms with Gasteiger partial charge in [-0.3, -0.25) is 14.4 Å². The summed E-state index contributed by atoms with van der Waals surface area (Å²) in [6, 6.07) is 11.9. The zero-order chi connectivity index (χ0) is 28.4. The Bertz CT molecular complexity index is 1590. The first-order chi connectivity index (χ1) is 19.8. The zero-order valence-corrected chi connectivity index (χ0v) is 23.5. The minimum atomic E-state index is -0.752. The number of rotatable bonds is 4. The van der Waals surface area contributed by atoms with Crippen molar-refractivity contribution in [2.45, 2.75) is 55.5 Å². The molecule has 2 unspecified atom stereocenters. The fraction of sp³-hybridized carbons (Fsp3) is 0.355. The predicted octanol–water partition coefficient (Wildman–Crippen LogP) is 4.19. The molecule has 8 nitrogen and oxygen atoms in total. The van der Waals surface area contributed by atoms with E-state index in [2.05, 4.69) is 20.9 Å². The molecule has 1 saturated heterocycles. The van der Waals surface area contributed by atoms with Gasteiger partial charge in [-0.15, -0.1) is 12.4 Å². The number of amides is 3. The molecule has 2 fully saturated rings. The van der Waals surface area contributed by atoms with Gasteiger partial charge in [0.05, 0.1) is 17.0 Å². The average molecular weight is 594 g/mol. The Hall–Kier alpha value is -3.89. The molecule has 2 atom stereocenters. The van der Waals surface area contributed by atoms with Gasteiger partial charge in [-0.1, -0.05) is 25.0 Å². The highest BCUT2D eigenvalue weighted by Crippen LogP contribution is 2.47. The van der Waals surface area contributed by atoms with Crippen molar-refractivity contribution in [3.8, 4) is 0 Å². The number of hydrogen-bond acceptors (Lipinski definition) is 5. The van der Waals surface area contributed by atoms with E-state index in [1.807, 2.05) is 24.3 Å². The highest BCUT2D eigenvalue weighted by atomic mass is 35.5. The molecule has 3 N–H and O–H groups in total. The fourth-order valence-electron chi connectivity index (χ4n) is 7.21. The summed E-state index contributed by atoms with van der Waals surface area (Å²) in [4.78, 5) is 45.9. The fourth-order valence-corrected chi connectivity index (χ4v) is 7.21. The van der Waals surface area contributed by atoms with Gasteiger partial charge in [0.15, 0.2) is 0 Å². The van der Waals surface area contributed by atoms with Gasteiger partial charge in [0.1, 0.15) is 24.0 Å². The second-order valence-corrected chi connectivity index (χ2v) is 11.6. The Labute approximate surface area is 247 Å². The standard InChI is InChI=1S/C31H29F2N5O3.ClH/c32-21-10-19(11-22(33)13-21)25-16-35-31(7-1-2-8-31)29(41)38(25)17-26(39)36-23-6-5-18-14-30(15-20(18)12-23)24-4-3-9-34-27(24)37-28(30)40;/h3-6,9-13,25,35H,1-2,7-8,14-17H2,(H,36,39)(H,34,37,40);1H. The van der Waals surface area contributed by atoms with E-state index in [1.54, 1.807) is 12.3 Å². The highest BCUT2D eigenvalue weighted by molar-refractivity contribution is 6.06. The van der Waals surface area contributed by atoms with Crippen LogP contribution in [-0.4, -0.2) is 46.2 Å². The monoisotopic (exact) mass is 593 g/mol. The topological polar surface area (TPSA) is 103 Å². The SMILES string of the molecule is Cl.O=C(CN1C(=O)C2(CCCC2)NCC1c1cc(F)cc(F)c1)Nc1ccc2c(c1)CC1(C2)C(=O)Nc2ncccc21. The van der Waals surface area contributed by atoms with Gasteiger partial charge in [0.25, 0.3) is 0 Å². The van der Waals surface area contributed by atoms with Crippen LogP contribution in [0.15, 0.2) is 54.7 Å². The third-order valence-electron chi connectivity index (χ3n) is 9.19. The molecular weight excluding hydrogens is 564 g/mol. The normalized spacial score (nSPS) is 23.5. The van der Waals surface area contributed by atoms with Crippen molar-refractivity contribution in [1.29, 1.82) is 0 Å². The number of pyridine rings is 1. The van der Waals surface area contributed by atoms with Gasteiger partial charge in [-0.25, -0.2) is 13.8 Å². The van der Waals surface area contributed by atoms with Gasteiger partial charge < -0.3 is 20.9 Å². The Balaban J connectivity index is 0.00000316. The van der Waals surface area contributed by atoms with E-state index >= 15 is 0 Å². The summed E-state index contributed by atoms with van der Waals surface area (Å²) < 4.78 is 28.2. The first kappa shape index (κ1) is 28.2. The summed E-state index contributed by atoms with van der Waals surface area (Å²) >= 11 is 0. The van der Waals surface area contributed by atoms with Gasteiger partial charge in [-0.05, 0) is 72.7 Å². The van der Waals surface area contributed by atoms with E-state index in [4.69, 9.17) is 0 Å². The van der Waals surface area contributed by atoms with E-state index in [-0.39, 0.29) is 30.8 Å². The lowest BCUT2D eigenvalue weighted by molar-refractivity contribution is -0.147. The van der Waals surface area contributed by atoms with E-state index in [1.165, 1.54) is 17.0 Å². The molecule has 3 amide bonds. The maximum atomic E-state index is 14.1. The van der Waals surface area contributed by atoms with Crippen LogP contribution in [0.1, 0.15) is 54.0 Å². The summed E-state index contributed by atoms with van der Waals surface area (Å²) in [7, 11) is 0. The number of anilines is 2. The zero-order valence-electron chi connectivity index (χ0n) is 22.7. The number of benzene rings is 2. The smallest absolute Gasteiger partial charge is 0.244 e. The van der Waals surface area contributed by atoms with Crippen LogP contribution < -0.4 is 16.0 Å². The Morgan fingerprint density at radius 2 is 1.76 bits per heavy atom. The summed E-state index contributed by atoms with van der Waals surface area (Å²) in [6.07, 6.45) is 5.80.